The summed E-state index contributed by atoms with van der Waals surface area (Å²) < 4.78 is 1.38. The highest BCUT2D eigenvalue weighted by Crippen LogP contribution is 2.07. The van der Waals surface area contributed by atoms with E-state index >= 15 is 0 Å². The van der Waals surface area contributed by atoms with Crippen molar-refractivity contribution in [3.8, 4) is 0 Å². The maximum Gasteiger partial charge on any atom is 0.270 e. The second kappa shape index (κ2) is 8.30. The number of piperazine rings is 1. The van der Waals surface area contributed by atoms with Crippen molar-refractivity contribution in [3.05, 3.63) is 46.5 Å². The summed E-state index contributed by atoms with van der Waals surface area (Å²) in [6, 6.07) is 5.25. The van der Waals surface area contributed by atoms with Gasteiger partial charge in [0.1, 0.15) is 11.2 Å². The van der Waals surface area contributed by atoms with E-state index in [2.05, 4.69) is 9.88 Å². The number of aromatic nitrogens is 2. The lowest BCUT2D eigenvalue weighted by molar-refractivity contribution is -0.132. The lowest BCUT2D eigenvalue weighted by atomic mass is 10.2. The van der Waals surface area contributed by atoms with Gasteiger partial charge >= 0.3 is 0 Å². The van der Waals surface area contributed by atoms with E-state index in [1.807, 2.05) is 13.8 Å². The topological polar surface area (TPSA) is 78.2 Å². The molecule has 2 amide bonds. The third kappa shape index (κ3) is 4.00. The molecular formula is C19H25N5O3. The lowest BCUT2D eigenvalue weighted by Crippen LogP contribution is -2.52. The Morgan fingerprint density at radius 2 is 1.81 bits per heavy atom. The van der Waals surface area contributed by atoms with Crippen molar-refractivity contribution >= 4 is 17.5 Å². The molecule has 3 rings (SSSR count). The Labute approximate surface area is 158 Å². The van der Waals surface area contributed by atoms with Crippen LogP contribution in [0.25, 0.3) is 5.65 Å². The summed E-state index contributed by atoms with van der Waals surface area (Å²) in [6.45, 7) is 7.90. The zero-order valence-corrected chi connectivity index (χ0v) is 15.8. The minimum absolute atomic E-state index is 0.0753. The van der Waals surface area contributed by atoms with Gasteiger partial charge in [-0.25, -0.2) is 4.98 Å². The quantitative estimate of drug-likeness (QED) is 0.756. The predicted molar refractivity (Wildman–Crippen MR) is 102 cm³/mol. The Hall–Kier alpha value is -2.74. The van der Waals surface area contributed by atoms with Crippen LogP contribution in [0.1, 0.15) is 24.2 Å². The summed E-state index contributed by atoms with van der Waals surface area (Å²) in [7, 11) is 0. The van der Waals surface area contributed by atoms with Gasteiger partial charge in [0, 0.05) is 51.7 Å². The fourth-order valence-corrected chi connectivity index (χ4v) is 3.32. The first kappa shape index (κ1) is 19.0. The second-order valence-corrected chi connectivity index (χ2v) is 6.54. The molecule has 27 heavy (non-hydrogen) atoms. The molecule has 0 aromatic carbocycles. The van der Waals surface area contributed by atoms with Crippen molar-refractivity contribution in [1.29, 1.82) is 0 Å². The predicted octanol–water partition coefficient (Wildman–Crippen LogP) is 0.321. The number of carbonyl (C=O) groups excluding carboxylic acids is 2. The summed E-state index contributed by atoms with van der Waals surface area (Å²) in [5, 5.41) is 0. The van der Waals surface area contributed by atoms with E-state index in [0.29, 0.717) is 51.5 Å². The van der Waals surface area contributed by atoms with Crippen molar-refractivity contribution < 1.29 is 9.59 Å². The highest BCUT2D eigenvalue weighted by molar-refractivity contribution is 5.93. The molecule has 2 aromatic rings. The number of rotatable bonds is 5. The number of nitrogens with zero attached hydrogens (tertiary/aromatic N) is 5. The Kier molecular flexibility index (Phi) is 5.85. The highest BCUT2D eigenvalue weighted by Gasteiger charge is 2.26. The second-order valence-electron chi connectivity index (χ2n) is 6.54. The van der Waals surface area contributed by atoms with Gasteiger partial charge in [0.2, 0.25) is 5.91 Å². The molecule has 3 heterocycles. The van der Waals surface area contributed by atoms with Gasteiger partial charge in [0.15, 0.2) is 0 Å². The molecule has 8 nitrogen and oxygen atoms in total. The van der Waals surface area contributed by atoms with Crippen LogP contribution in [0, 0.1) is 0 Å². The lowest BCUT2D eigenvalue weighted by Gasteiger charge is -2.35. The molecule has 0 saturated carbocycles. The van der Waals surface area contributed by atoms with E-state index in [1.165, 1.54) is 10.6 Å². The summed E-state index contributed by atoms with van der Waals surface area (Å²) >= 11 is 0. The van der Waals surface area contributed by atoms with Crippen LogP contribution in [0.5, 0.6) is 0 Å². The zero-order valence-electron chi connectivity index (χ0n) is 15.8. The van der Waals surface area contributed by atoms with Gasteiger partial charge < -0.3 is 9.80 Å². The number of fused-ring (bicyclic) bond motifs is 1. The summed E-state index contributed by atoms with van der Waals surface area (Å²) in [6.07, 6.45) is 2.97. The highest BCUT2D eigenvalue weighted by atomic mass is 16.2. The molecule has 0 atom stereocenters. The summed E-state index contributed by atoms with van der Waals surface area (Å²) in [5.41, 5.74) is 0.231. The third-order valence-corrected chi connectivity index (χ3v) is 4.98. The SMILES string of the molecule is CCN(CC)C(=O)CN1CCN(C(=O)c2cnc3ccccn3c2=O)CC1. The van der Waals surface area contributed by atoms with Gasteiger partial charge in [0.25, 0.3) is 11.5 Å². The first-order valence-electron chi connectivity index (χ1n) is 9.31. The van der Waals surface area contributed by atoms with Crippen LogP contribution in [0.3, 0.4) is 0 Å². The fraction of sp³-hybridized carbons (Fsp3) is 0.474. The minimum Gasteiger partial charge on any atom is -0.342 e. The average Bonchev–Trinajstić information content (AvgIpc) is 2.69. The standard InChI is InChI=1S/C19H25N5O3/c1-3-22(4-2)17(25)14-21-9-11-23(12-10-21)18(26)15-13-20-16-7-5-6-8-24(16)19(15)27/h5-8,13H,3-4,9-12,14H2,1-2H3. The van der Waals surface area contributed by atoms with Gasteiger partial charge in [-0.3, -0.25) is 23.7 Å². The number of pyridine rings is 1. The normalized spacial score (nSPS) is 15.1. The van der Waals surface area contributed by atoms with Gasteiger partial charge in [0.05, 0.1) is 6.54 Å². The molecule has 1 saturated heterocycles. The molecule has 0 unspecified atom stereocenters. The number of likely N-dealkylation sites (N-methyl/N-ethyl adjacent to an activating group) is 1. The Bertz CT molecular complexity index is 882. The van der Waals surface area contributed by atoms with Crippen molar-refractivity contribution in [2.24, 2.45) is 0 Å². The van der Waals surface area contributed by atoms with Crippen molar-refractivity contribution in [2.75, 3.05) is 45.8 Å². The molecule has 0 N–H and O–H groups in total. The third-order valence-electron chi connectivity index (χ3n) is 4.98. The van der Waals surface area contributed by atoms with Gasteiger partial charge in [-0.05, 0) is 26.0 Å². The van der Waals surface area contributed by atoms with E-state index in [4.69, 9.17) is 0 Å². The molecule has 144 valence electrons. The van der Waals surface area contributed by atoms with Crippen LogP contribution < -0.4 is 5.56 Å². The first-order chi connectivity index (χ1) is 13.0. The molecule has 1 aliphatic heterocycles. The molecule has 0 radical (unpaired) electrons. The van der Waals surface area contributed by atoms with Crippen LogP contribution in [-0.4, -0.2) is 81.7 Å². The first-order valence-corrected chi connectivity index (χ1v) is 9.31. The largest absolute Gasteiger partial charge is 0.342 e. The van der Waals surface area contributed by atoms with E-state index in [1.54, 1.807) is 34.2 Å². The molecule has 1 aliphatic rings. The van der Waals surface area contributed by atoms with Crippen LogP contribution >= 0.6 is 0 Å². The van der Waals surface area contributed by atoms with Crippen LogP contribution in [0.15, 0.2) is 35.4 Å². The van der Waals surface area contributed by atoms with Crippen LogP contribution in [0.2, 0.25) is 0 Å². The van der Waals surface area contributed by atoms with Gasteiger partial charge in [-0.2, -0.15) is 0 Å². The van der Waals surface area contributed by atoms with Crippen LogP contribution in [0.4, 0.5) is 0 Å². The summed E-state index contributed by atoms with van der Waals surface area (Å²) in [4.78, 5) is 47.3. The van der Waals surface area contributed by atoms with Crippen LogP contribution in [-0.2, 0) is 4.79 Å². The average molecular weight is 371 g/mol. The van der Waals surface area contributed by atoms with E-state index in [0.717, 1.165) is 0 Å². The monoisotopic (exact) mass is 371 g/mol. The Morgan fingerprint density at radius 3 is 2.48 bits per heavy atom. The molecule has 1 fully saturated rings. The minimum atomic E-state index is -0.357. The molecule has 2 aromatic heterocycles. The van der Waals surface area contributed by atoms with E-state index in [-0.39, 0.29) is 22.9 Å². The molecule has 8 heteroatoms. The van der Waals surface area contributed by atoms with Gasteiger partial charge in [-0.15, -0.1) is 0 Å². The number of carbonyl (C=O) groups is 2. The maximum absolute atomic E-state index is 12.8. The van der Waals surface area contributed by atoms with Crippen molar-refractivity contribution in [1.82, 2.24) is 24.1 Å². The number of amides is 2. The Balaban J connectivity index is 1.65. The van der Waals surface area contributed by atoms with E-state index < -0.39 is 0 Å². The maximum atomic E-state index is 12.8. The smallest absolute Gasteiger partial charge is 0.270 e. The van der Waals surface area contributed by atoms with E-state index in [9.17, 15) is 14.4 Å². The van der Waals surface area contributed by atoms with Gasteiger partial charge in [-0.1, -0.05) is 6.07 Å². The molecule has 0 bridgehead atoms. The fourth-order valence-electron chi connectivity index (χ4n) is 3.32. The van der Waals surface area contributed by atoms with Crippen molar-refractivity contribution in [3.63, 3.8) is 0 Å². The number of hydrogen-bond acceptors (Lipinski definition) is 5. The zero-order chi connectivity index (χ0) is 19.4. The molecule has 0 aliphatic carbocycles. The molecule has 0 spiro atoms. The number of hydrogen-bond donors (Lipinski definition) is 0. The summed E-state index contributed by atoms with van der Waals surface area (Å²) in [5.74, 6) is -0.197. The van der Waals surface area contributed by atoms with Crippen molar-refractivity contribution in [2.45, 2.75) is 13.8 Å². The molecular weight excluding hydrogens is 346 g/mol. The Morgan fingerprint density at radius 1 is 1.11 bits per heavy atom.